The number of nitrogens with zero attached hydrogens (tertiary/aromatic N) is 1. The first-order valence-electron chi connectivity index (χ1n) is 5.41. The molecule has 0 aromatic heterocycles. The first-order chi connectivity index (χ1) is 6.90. The van der Waals surface area contributed by atoms with Crippen LogP contribution in [0.3, 0.4) is 0 Å². The Morgan fingerprint density at radius 3 is 2.79 bits per heavy atom. The quantitative estimate of drug-likeness (QED) is 0.664. The van der Waals surface area contributed by atoms with Crippen molar-refractivity contribution in [2.24, 2.45) is 0 Å². The van der Waals surface area contributed by atoms with Crippen LogP contribution in [0.15, 0.2) is 0 Å². The van der Waals surface area contributed by atoms with Gasteiger partial charge in [-0.05, 0) is 19.4 Å². The van der Waals surface area contributed by atoms with E-state index in [1.807, 2.05) is 0 Å². The van der Waals surface area contributed by atoms with Gasteiger partial charge in [-0.25, -0.2) is 0 Å². The molecule has 2 aliphatic rings. The molecule has 0 spiro atoms. The second-order valence-corrected chi connectivity index (χ2v) is 4.33. The Hall–Kier alpha value is 0.170. The van der Waals surface area contributed by atoms with Gasteiger partial charge in [-0.3, -0.25) is 0 Å². The fourth-order valence-corrected chi connectivity index (χ4v) is 2.31. The molecule has 0 aromatic rings. The van der Waals surface area contributed by atoms with Crippen molar-refractivity contribution in [1.82, 2.24) is 4.90 Å². The molecule has 2 fully saturated rings. The van der Waals surface area contributed by atoms with Crippen LogP contribution in [0.1, 0.15) is 12.8 Å². The van der Waals surface area contributed by atoms with Crippen LogP contribution >= 0.6 is 11.6 Å². The minimum Gasteiger partial charge on any atom is -0.373 e. The molecule has 0 saturated carbocycles. The molecule has 3 nitrogen and oxygen atoms in total. The molecule has 2 heterocycles. The smallest absolute Gasteiger partial charge is 0.0964 e. The molecular formula is C10H18ClNO2. The molecule has 0 radical (unpaired) electrons. The van der Waals surface area contributed by atoms with Gasteiger partial charge in [0.05, 0.1) is 25.4 Å². The van der Waals surface area contributed by atoms with E-state index in [9.17, 15) is 0 Å². The van der Waals surface area contributed by atoms with E-state index in [1.165, 1.54) is 0 Å². The summed E-state index contributed by atoms with van der Waals surface area (Å²) in [4.78, 5) is 2.43. The fourth-order valence-electron chi connectivity index (χ4n) is 2.20. The van der Waals surface area contributed by atoms with E-state index in [0.717, 1.165) is 51.6 Å². The number of hydrogen-bond donors (Lipinski definition) is 0. The van der Waals surface area contributed by atoms with Crippen molar-refractivity contribution in [3.63, 3.8) is 0 Å². The Morgan fingerprint density at radius 2 is 2.00 bits per heavy atom. The Balaban J connectivity index is 1.77. The third kappa shape index (κ3) is 2.60. The predicted molar refractivity (Wildman–Crippen MR) is 55.9 cm³/mol. The van der Waals surface area contributed by atoms with Crippen molar-refractivity contribution in [3.05, 3.63) is 0 Å². The van der Waals surface area contributed by atoms with Gasteiger partial charge in [0.25, 0.3) is 0 Å². The van der Waals surface area contributed by atoms with E-state index in [0.29, 0.717) is 12.2 Å². The van der Waals surface area contributed by atoms with Crippen LogP contribution in [0.4, 0.5) is 0 Å². The van der Waals surface area contributed by atoms with Crippen molar-refractivity contribution in [2.45, 2.75) is 25.0 Å². The molecule has 2 saturated heterocycles. The van der Waals surface area contributed by atoms with Gasteiger partial charge in [-0.1, -0.05) is 0 Å². The summed E-state index contributed by atoms with van der Waals surface area (Å²) in [5.74, 6) is 0.752. The third-order valence-corrected chi connectivity index (χ3v) is 3.21. The lowest BCUT2D eigenvalue weighted by atomic mass is 10.0. The first kappa shape index (κ1) is 10.7. The van der Waals surface area contributed by atoms with E-state index in [2.05, 4.69) is 4.90 Å². The second kappa shape index (κ2) is 5.31. The second-order valence-electron chi connectivity index (χ2n) is 3.95. The zero-order valence-electron chi connectivity index (χ0n) is 8.45. The average Bonchev–Trinajstić information content (AvgIpc) is 2.26. The molecule has 2 unspecified atom stereocenters. The summed E-state index contributed by atoms with van der Waals surface area (Å²) in [5, 5.41) is 0. The van der Waals surface area contributed by atoms with Crippen LogP contribution in [-0.2, 0) is 9.47 Å². The summed E-state index contributed by atoms with van der Waals surface area (Å²) < 4.78 is 11.3. The normalized spacial score (nSPS) is 34.1. The van der Waals surface area contributed by atoms with Crippen LogP contribution in [-0.4, -0.2) is 55.8 Å². The predicted octanol–water partition coefficient (Wildman–Crippen LogP) is 1.10. The maximum Gasteiger partial charge on any atom is 0.0964 e. The maximum atomic E-state index is 5.69. The van der Waals surface area contributed by atoms with E-state index >= 15 is 0 Å². The maximum absolute atomic E-state index is 5.69. The van der Waals surface area contributed by atoms with E-state index < -0.39 is 0 Å². The summed E-state index contributed by atoms with van der Waals surface area (Å²) >= 11 is 5.68. The lowest BCUT2D eigenvalue weighted by Gasteiger charge is -2.40. The summed E-state index contributed by atoms with van der Waals surface area (Å²) in [5.41, 5.74) is 0. The fraction of sp³-hybridized carbons (Fsp3) is 1.00. The Kier molecular flexibility index (Phi) is 4.05. The van der Waals surface area contributed by atoms with Gasteiger partial charge in [0.1, 0.15) is 0 Å². The van der Waals surface area contributed by atoms with Crippen LogP contribution < -0.4 is 0 Å². The highest BCUT2D eigenvalue weighted by molar-refractivity contribution is 6.17. The van der Waals surface area contributed by atoms with Gasteiger partial charge in [0, 0.05) is 19.0 Å². The monoisotopic (exact) mass is 219 g/mol. The average molecular weight is 220 g/mol. The van der Waals surface area contributed by atoms with Crippen LogP contribution in [0.25, 0.3) is 0 Å². The first-order valence-corrected chi connectivity index (χ1v) is 5.95. The SMILES string of the molecule is ClCCCN1CCC2OCCOC2C1. The highest BCUT2D eigenvalue weighted by atomic mass is 35.5. The van der Waals surface area contributed by atoms with Gasteiger partial charge in [0.2, 0.25) is 0 Å². The van der Waals surface area contributed by atoms with Crippen molar-refractivity contribution >= 4 is 11.6 Å². The highest BCUT2D eigenvalue weighted by Gasteiger charge is 2.32. The van der Waals surface area contributed by atoms with Crippen LogP contribution in [0.2, 0.25) is 0 Å². The summed E-state index contributed by atoms with van der Waals surface area (Å²) in [7, 11) is 0. The number of alkyl halides is 1. The molecule has 0 aliphatic carbocycles. The molecule has 2 aliphatic heterocycles. The van der Waals surface area contributed by atoms with Crippen molar-refractivity contribution in [3.8, 4) is 0 Å². The molecule has 0 N–H and O–H groups in total. The summed E-state index contributed by atoms with van der Waals surface area (Å²) in [6.07, 6.45) is 2.82. The Labute approximate surface area is 90.3 Å². The Morgan fingerprint density at radius 1 is 1.21 bits per heavy atom. The van der Waals surface area contributed by atoms with Gasteiger partial charge >= 0.3 is 0 Å². The minimum atomic E-state index is 0.299. The van der Waals surface area contributed by atoms with Gasteiger partial charge in [-0.15, -0.1) is 11.6 Å². The molecule has 2 rings (SSSR count). The molecule has 14 heavy (non-hydrogen) atoms. The lowest BCUT2D eigenvalue weighted by Crippen LogP contribution is -2.52. The van der Waals surface area contributed by atoms with Crippen molar-refractivity contribution in [1.29, 1.82) is 0 Å². The number of halogens is 1. The van der Waals surface area contributed by atoms with Gasteiger partial charge in [0.15, 0.2) is 0 Å². The van der Waals surface area contributed by atoms with E-state index in [4.69, 9.17) is 21.1 Å². The number of likely N-dealkylation sites (tertiary alicyclic amines) is 1. The minimum absolute atomic E-state index is 0.299. The number of rotatable bonds is 3. The molecule has 2 atom stereocenters. The number of fused-ring (bicyclic) bond motifs is 1. The summed E-state index contributed by atoms with van der Waals surface area (Å²) in [6, 6.07) is 0. The standard InChI is InChI=1S/C10H18ClNO2/c11-3-1-4-12-5-2-9-10(8-12)14-7-6-13-9/h9-10H,1-8H2. The molecule has 0 amide bonds. The van der Waals surface area contributed by atoms with Crippen molar-refractivity contribution in [2.75, 3.05) is 38.7 Å². The molecule has 82 valence electrons. The summed E-state index contributed by atoms with van der Waals surface area (Å²) in [6.45, 7) is 4.76. The molecular weight excluding hydrogens is 202 g/mol. The molecule has 4 heteroatoms. The van der Waals surface area contributed by atoms with Gasteiger partial charge < -0.3 is 14.4 Å². The molecule has 0 bridgehead atoms. The third-order valence-electron chi connectivity index (χ3n) is 2.94. The van der Waals surface area contributed by atoms with Crippen LogP contribution in [0.5, 0.6) is 0 Å². The van der Waals surface area contributed by atoms with E-state index in [-0.39, 0.29) is 0 Å². The number of ether oxygens (including phenoxy) is 2. The van der Waals surface area contributed by atoms with Crippen LogP contribution in [0, 0.1) is 0 Å². The van der Waals surface area contributed by atoms with Gasteiger partial charge in [-0.2, -0.15) is 0 Å². The molecule has 0 aromatic carbocycles. The highest BCUT2D eigenvalue weighted by Crippen LogP contribution is 2.20. The zero-order chi connectivity index (χ0) is 9.80. The Bertz CT molecular complexity index is 180. The van der Waals surface area contributed by atoms with Crippen molar-refractivity contribution < 1.29 is 9.47 Å². The van der Waals surface area contributed by atoms with E-state index in [1.54, 1.807) is 0 Å². The lowest BCUT2D eigenvalue weighted by molar-refractivity contribution is -0.164. The number of hydrogen-bond acceptors (Lipinski definition) is 3. The topological polar surface area (TPSA) is 21.7 Å². The largest absolute Gasteiger partial charge is 0.373 e. The number of piperidine rings is 1. The zero-order valence-corrected chi connectivity index (χ0v) is 9.21.